The molecule has 2 heterocycles. The number of benzene rings is 1. The molecule has 3 rings (SSSR count). The second-order valence-corrected chi connectivity index (χ2v) is 8.24. The zero-order valence-electron chi connectivity index (χ0n) is 19.2. The normalized spacial score (nSPS) is 18.3. The molecule has 2 aliphatic rings. The molecule has 7 heteroatoms. The van der Waals surface area contributed by atoms with Crippen molar-refractivity contribution in [2.24, 2.45) is 4.99 Å². The molecule has 0 bridgehead atoms. The second-order valence-electron chi connectivity index (χ2n) is 8.24. The molecule has 0 spiro atoms. The van der Waals surface area contributed by atoms with E-state index in [9.17, 15) is 0 Å². The van der Waals surface area contributed by atoms with Crippen LogP contribution in [-0.2, 0) is 13.0 Å². The average Bonchev–Trinajstić information content (AvgIpc) is 2.78. The van der Waals surface area contributed by atoms with Crippen LogP contribution in [0.1, 0.15) is 30.9 Å². The predicted molar refractivity (Wildman–Crippen MR) is 123 cm³/mol. The maximum absolute atomic E-state index is 5.50. The molecule has 0 unspecified atom stereocenters. The van der Waals surface area contributed by atoms with E-state index in [2.05, 4.69) is 46.1 Å². The van der Waals surface area contributed by atoms with Crippen LogP contribution in [0.2, 0.25) is 0 Å². The number of nitrogens with zero attached hydrogens (tertiary/aromatic N) is 4. The molecule has 2 aliphatic heterocycles. The highest BCUT2D eigenvalue weighted by Gasteiger charge is 2.21. The van der Waals surface area contributed by atoms with Crippen LogP contribution in [0.3, 0.4) is 0 Å². The zero-order chi connectivity index (χ0) is 21.3. The van der Waals surface area contributed by atoms with Crippen LogP contribution < -0.4 is 14.8 Å². The fraction of sp³-hybridized carbons (Fsp3) is 0.696. The van der Waals surface area contributed by atoms with Gasteiger partial charge in [-0.2, -0.15) is 0 Å². The first-order valence-corrected chi connectivity index (χ1v) is 11.3. The number of rotatable bonds is 8. The van der Waals surface area contributed by atoms with Crippen molar-refractivity contribution >= 4 is 5.96 Å². The van der Waals surface area contributed by atoms with Gasteiger partial charge in [-0.25, -0.2) is 0 Å². The van der Waals surface area contributed by atoms with Crippen LogP contribution in [0.5, 0.6) is 11.5 Å². The van der Waals surface area contributed by atoms with Crippen LogP contribution in [0.25, 0.3) is 0 Å². The van der Waals surface area contributed by atoms with Crippen molar-refractivity contribution in [2.45, 2.75) is 32.7 Å². The topological polar surface area (TPSA) is 52.6 Å². The Bertz CT molecular complexity index is 701. The van der Waals surface area contributed by atoms with E-state index in [1.807, 2.05) is 0 Å². The Morgan fingerprint density at radius 1 is 1.00 bits per heavy atom. The van der Waals surface area contributed by atoms with Crippen LogP contribution in [0, 0.1) is 0 Å². The lowest BCUT2D eigenvalue weighted by Gasteiger charge is -2.32. The third-order valence-electron chi connectivity index (χ3n) is 6.09. The highest BCUT2D eigenvalue weighted by molar-refractivity contribution is 5.80. The van der Waals surface area contributed by atoms with Gasteiger partial charge < -0.3 is 29.5 Å². The summed E-state index contributed by atoms with van der Waals surface area (Å²) in [6.07, 6.45) is 3.34. The first kappa shape index (κ1) is 22.7. The highest BCUT2D eigenvalue weighted by Crippen LogP contribution is 2.33. The maximum Gasteiger partial charge on any atom is 0.194 e. The van der Waals surface area contributed by atoms with Gasteiger partial charge >= 0.3 is 0 Å². The van der Waals surface area contributed by atoms with E-state index >= 15 is 0 Å². The summed E-state index contributed by atoms with van der Waals surface area (Å²) in [5.41, 5.74) is 2.63. The van der Waals surface area contributed by atoms with Gasteiger partial charge in [0.15, 0.2) is 17.5 Å². The molecule has 30 heavy (non-hydrogen) atoms. The first-order valence-electron chi connectivity index (χ1n) is 11.3. The van der Waals surface area contributed by atoms with Gasteiger partial charge in [-0.05, 0) is 63.0 Å². The Kier molecular flexibility index (Phi) is 8.63. The van der Waals surface area contributed by atoms with Gasteiger partial charge in [0.25, 0.3) is 0 Å². The van der Waals surface area contributed by atoms with Gasteiger partial charge in [0.05, 0.1) is 14.2 Å². The van der Waals surface area contributed by atoms with E-state index in [0.29, 0.717) is 0 Å². The fourth-order valence-corrected chi connectivity index (χ4v) is 4.19. The summed E-state index contributed by atoms with van der Waals surface area (Å²) in [6, 6.07) is 4.23. The average molecular weight is 418 g/mol. The number of fused-ring (bicyclic) bond motifs is 1. The van der Waals surface area contributed by atoms with Crippen LogP contribution >= 0.6 is 0 Å². The molecule has 1 aromatic carbocycles. The Hall–Kier alpha value is -1.99. The van der Waals surface area contributed by atoms with Crippen molar-refractivity contribution < 1.29 is 9.47 Å². The standard InChI is InChI=1S/C23H39N5O2/c1-5-24-23(25-9-6-7-10-27-14-12-26(2)13-15-27)28-11-8-19-16-21(29-3)22(30-4)17-20(19)18-28/h16-17H,5-15,18H2,1-4H3,(H,24,25). The fourth-order valence-electron chi connectivity index (χ4n) is 4.19. The number of likely N-dealkylation sites (N-methyl/N-ethyl adjacent to an activating group) is 1. The molecule has 1 aromatic rings. The summed E-state index contributed by atoms with van der Waals surface area (Å²) < 4.78 is 11.0. The molecule has 0 aliphatic carbocycles. The minimum atomic E-state index is 0.795. The molecule has 168 valence electrons. The summed E-state index contributed by atoms with van der Waals surface area (Å²) in [6.45, 7) is 11.7. The molecule has 7 nitrogen and oxygen atoms in total. The number of methoxy groups -OCH3 is 2. The van der Waals surface area contributed by atoms with Crippen LogP contribution in [0.4, 0.5) is 0 Å². The van der Waals surface area contributed by atoms with Crippen LogP contribution in [0.15, 0.2) is 17.1 Å². The number of guanidine groups is 1. The largest absolute Gasteiger partial charge is 0.493 e. The third-order valence-corrected chi connectivity index (χ3v) is 6.09. The molecule has 0 aromatic heterocycles. The van der Waals surface area contributed by atoms with E-state index in [1.54, 1.807) is 14.2 Å². The lowest BCUT2D eigenvalue weighted by Crippen LogP contribution is -2.44. The molecular formula is C23H39N5O2. The summed E-state index contributed by atoms with van der Waals surface area (Å²) in [4.78, 5) is 12.3. The van der Waals surface area contributed by atoms with Crippen molar-refractivity contribution in [3.05, 3.63) is 23.3 Å². The number of hydrogen-bond acceptors (Lipinski definition) is 5. The molecule has 0 atom stereocenters. The van der Waals surface area contributed by atoms with Crippen molar-refractivity contribution in [1.82, 2.24) is 20.0 Å². The predicted octanol–water partition coefficient (Wildman–Crippen LogP) is 2.06. The van der Waals surface area contributed by atoms with Gasteiger partial charge in [0, 0.05) is 52.4 Å². The highest BCUT2D eigenvalue weighted by atomic mass is 16.5. The maximum atomic E-state index is 5.50. The molecule has 1 saturated heterocycles. The minimum absolute atomic E-state index is 0.795. The Labute approximate surface area is 182 Å². The number of ether oxygens (including phenoxy) is 2. The van der Waals surface area contributed by atoms with E-state index in [1.165, 1.54) is 50.3 Å². The number of piperazine rings is 1. The van der Waals surface area contributed by atoms with Gasteiger partial charge in [0.1, 0.15) is 0 Å². The molecule has 1 N–H and O–H groups in total. The van der Waals surface area contributed by atoms with E-state index in [0.717, 1.165) is 56.5 Å². The van der Waals surface area contributed by atoms with Crippen LogP contribution in [-0.4, -0.2) is 94.3 Å². The first-order chi connectivity index (χ1) is 14.6. The monoisotopic (exact) mass is 417 g/mol. The molecule has 0 amide bonds. The third kappa shape index (κ3) is 6.01. The van der Waals surface area contributed by atoms with E-state index < -0.39 is 0 Å². The second kappa shape index (κ2) is 11.4. The SMILES string of the molecule is CCNC(=NCCCCN1CCN(C)CC1)N1CCc2cc(OC)c(OC)cc2C1. The molecule has 0 saturated carbocycles. The van der Waals surface area contributed by atoms with Gasteiger partial charge in [-0.3, -0.25) is 4.99 Å². The summed E-state index contributed by atoms with van der Waals surface area (Å²) in [5, 5.41) is 3.48. The minimum Gasteiger partial charge on any atom is -0.493 e. The summed E-state index contributed by atoms with van der Waals surface area (Å²) in [5.74, 6) is 2.63. The van der Waals surface area contributed by atoms with Crippen molar-refractivity contribution in [3.63, 3.8) is 0 Å². The van der Waals surface area contributed by atoms with E-state index in [4.69, 9.17) is 14.5 Å². The van der Waals surface area contributed by atoms with Gasteiger partial charge in [-0.1, -0.05) is 0 Å². The molecular weight excluding hydrogens is 378 g/mol. The molecule has 1 fully saturated rings. The van der Waals surface area contributed by atoms with Crippen molar-refractivity contribution in [2.75, 3.05) is 73.6 Å². The van der Waals surface area contributed by atoms with Crippen molar-refractivity contribution in [3.8, 4) is 11.5 Å². The Balaban J connectivity index is 1.53. The smallest absolute Gasteiger partial charge is 0.194 e. The quantitative estimate of drug-likeness (QED) is 0.397. The summed E-state index contributed by atoms with van der Waals surface area (Å²) in [7, 11) is 5.59. The number of aliphatic imine (C=N–C) groups is 1. The number of unbranched alkanes of at least 4 members (excludes halogenated alkanes) is 1. The van der Waals surface area contributed by atoms with E-state index in [-0.39, 0.29) is 0 Å². The lowest BCUT2D eigenvalue weighted by atomic mass is 9.99. The Morgan fingerprint density at radius 2 is 1.70 bits per heavy atom. The van der Waals surface area contributed by atoms with Crippen molar-refractivity contribution in [1.29, 1.82) is 0 Å². The van der Waals surface area contributed by atoms with Gasteiger partial charge in [-0.15, -0.1) is 0 Å². The number of nitrogens with one attached hydrogen (secondary N) is 1. The Morgan fingerprint density at radius 3 is 2.37 bits per heavy atom. The van der Waals surface area contributed by atoms with Gasteiger partial charge in [0.2, 0.25) is 0 Å². The number of hydrogen-bond donors (Lipinski definition) is 1. The summed E-state index contributed by atoms with van der Waals surface area (Å²) >= 11 is 0. The zero-order valence-corrected chi connectivity index (χ0v) is 19.2. The lowest BCUT2D eigenvalue weighted by molar-refractivity contribution is 0.152. The molecule has 0 radical (unpaired) electrons.